The Kier molecular flexibility index (Phi) is 3.66. The largest absolute Gasteiger partial charge is 0.460 e. The van der Waals surface area contributed by atoms with Crippen molar-refractivity contribution in [2.45, 2.75) is 60.0 Å². The molecule has 1 heterocycles. The van der Waals surface area contributed by atoms with Crippen molar-refractivity contribution in [3.05, 3.63) is 45.7 Å². The van der Waals surface area contributed by atoms with E-state index in [-0.39, 0.29) is 0 Å². The van der Waals surface area contributed by atoms with Crippen LogP contribution in [0, 0.1) is 34.6 Å². The molecule has 1 saturated carbocycles. The summed E-state index contributed by atoms with van der Waals surface area (Å²) in [6, 6.07) is 4.94. The lowest BCUT2D eigenvalue weighted by Crippen LogP contribution is -2.14. The van der Waals surface area contributed by atoms with Gasteiger partial charge in [-0.25, -0.2) is 0 Å². The van der Waals surface area contributed by atoms with Gasteiger partial charge < -0.3 is 9.73 Å². The van der Waals surface area contributed by atoms with E-state index in [2.05, 4.69) is 52.1 Å². The second-order valence-corrected chi connectivity index (χ2v) is 6.42. The number of nitrogens with one attached hydrogen (secondary N) is 1. The van der Waals surface area contributed by atoms with Crippen LogP contribution in [0.3, 0.4) is 0 Å². The lowest BCUT2D eigenvalue weighted by atomic mass is 9.88. The number of hydrogen-bond donors (Lipinski definition) is 1. The molecule has 1 aromatic carbocycles. The molecule has 1 N–H and O–H groups in total. The number of furan rings is 1. The summed E-state index contributed by atoms with van der Waals surface area (Å²) in [5.41, 5.74) is 8.10. The number of hydrogen-bond acceptors (Lipinski definition) is 2. The third-order valence-electron chi connectivity index (χ3n) is 5.05. The fraction of sp³-hybridized carbons (Fsp3) is 0.474. The molecule has 1 fully saturated rings. The average Bonchev–Trinajstić information content (AvgIpc) is 3.20. The van der Waals surface area contributed by atoms with Crippen molar-refractivity contribution in [1.82, 2.24) is 5.32 Å². The van der Waals surface area contributed by atoms with Crippen LogP contribution in [0.25, 0.3) is 11.3 Å². The first-order valence-corrected chi connectivity index (χ1v) is 7.88. The van der Waals surface area contributed by atoms with Crippen molar-refractivity contribution < 1.29 is 4.42 Å². The van der Waals surface area contributed by atoms with E-state index in [0.717, 1.165) is 18.1 Å². The molecular weight excluding hydrogens is 258 g/mol. The molecule has 0 bridgehead atoms. The van der Waals surface area contributed by atoms with Crippen molar-refractivity contribution in [2.75, 3.05) is 0 Å². The lowest BCUT2D eigenvalue weighted by Gasteiger charge is -2.17. The molecule has 21 heavy (non-hydrogen) atoms. The van der Waals surface area contributed by atoms with Gasteiger partial charge in [0.1, 0.15) is 11.5 Å². The van der Waals surface area contributed by atoms with E-state index in [1.807, 2.05) is 0 Å². The molecule has 0 saturated heterocycles. The molecule has 1 aliphatic carbocycles. The third kappa shape index (κ3) is 2.65. The maximum atomic E-state index is 6.10. The molecule has 1 aliphatic rings. The maximum absolute atomic E-state index is 6.10. The molecule has 0 aliphatic heterocycles. The van der Waals surface area contributed by atoms with Crippen LogP contribution in [0.2, 0.25) is 0 Å². The molecule has 112 valence electrons. The van der Waals surface area contributed by atoms with Gasteiger partial charge in [0.2, 0.25) is 0 Å². The van der Waals surface area contributed by atoms with Crippen LogP contribution in [0.1, 0.15) is 46.4 Å². The van der Waals surface area contributed by atoms with Crippen molar-refractivity contribution >= 4 is 0 Å². The molecule has 2 heteroatoms. The Morgan fingerprint density at radius 1 is 0.905 bits per heavy atom. The Balaban J connectivity index is 1.96. The monoisotopic (exact) mass is 283 g/mol. The van der Waals surface area contributed by atoms with Crippen LogP contribution >= 0.6 is 0 Å². The van der Waals surface area contributed by atoms with Crippen molar-refractivity contribution in [3.63, 3.8) is 0 Å². The van der Waals surface area contributed by atoms with E-state index in [0.29, 0.717) is 6.04 Å². The third-order valence-corrected chi connectivity index (χ3v) is 5.05. The van der Waals surface area contributed by atoms with Gasteiger partial charge in [0.05, 0.1) is 6.54 Å². The van der Waals surface area contributed by atoms with Crippen LogP contribution in [-0.4, -0.2) is 6.04 Å². The van der Waals surface area contributed by atoms with Crippen LogP contribution < -0.4 is 5.32 Å². The Morgan fingerprint density at radius 2 is 1.48 bits per heavy atom. The van der Waals surface area contributed by atoms with E-state index >= 15 is 0 Å². The van der Waals surface area contributed by atoms with Crippen LogP contribution in [0.4, 0.5) is 0 Å². The molecule has 0 amide bonds. The summed E-state index contributed by atoms with van der Waals surface area (Å²) in [4.78, 5) is 0. The summed E-state index contributed by atoms with van der Waals surface area (Å²) in [7, 11) is 0. The zero-order valence-corrected chi connectivity index (χ0v) is 13.8. The quantitative estimate of drug-likeness (QED) is 0.876. The van der Waals surface area contributed by atoms with Gasteiger partial charge in [-0.1, -0.05) is 0 Å². The highest BCUT2D eigenvalue weighted by Gasteiger charge is 2.21. The van der Waals surface area contributed by atoms with E-state index in [9.17, 15) is 0 Å². The van der Waals surface area contributed by atoms with Gasteiger partial charge in [0, 0.05) is 11.6 Å². The summed E-state index contributed by atoms with van der Waals surface area (Å²) >= 11 is 0. The summed E-state index contributed by atoms with van der Waals surface area (Å²) in [5, 5.41) is 3.51. The standard InChI is InChI=1S/C19H25NO/c1-11-12(2)14(4)19(15(5)13(11)3)18-9-8-17(21-18)10-20-16-6-7-16/h8-9,16,20H,6-7,10H2,1-5H3. The Bertz CT molecular complexity index is 648. The first-order chi connectivity index (χ1) is 9.99. The molecule has 0 radical (unpaired) electrons. The average molecular weight is 283 g/mol. The minimum atomic E-state index is 0.714. The van der Waals surface area contributed by atoms with E-state index in [1.54, 1.807) is 0 Å². The topological polar surface area (TPSA) is 25.2 Å². The number of benzene rings is 1. The van der Waals surface area contributed by atoms with Gasteiger partial charge in [0.25, 0.3) is 0 Å². The fourth-order valence-corrected chi connectivity index (χ4v) is 3.01. The summed E-state index contributed by atoms with van der Waals surface area (Å²) in [6.45, 7) is 11.9. The van der Waals surface area contributed by atoms with E-state index in [4.69, 9.17) is 4.42 Å². The Hall–Kier alpha value is -1.54. The SMILES string of the molecule is Cc1c(C)c(C)c(-c2ccc(CNC3CC3)o2)c(C)c1C. The summed E-state index contributed by atoms with van der Waals surface area (Å²) in [6.07, 6.45) is 2.62. The van der Waals surface area contributed by atoms with Crippen LogP contribution in [-0.2, 0) is 6.54 Å². The molecule has 0 spiro atoms. The van der Waals surface area contributed by atoms with E-state index in [1.165, 1.54) is 46.2 Å². The molecule has 0 atom stereocenters. The smallest absolute Gasteiger partial charge is 0.134 e. The number of rotatable bonds is 4. The fourth-order valence-electron chi connectivity index (χ4n) is 3.01. The van der Waals surface area contributed by atoms with Crippen LogP contribution in [0.15, 0.2) is 16.5 Å². The lowest BCUT2D eigenvalue weighted by molar-refractivity contribution is 0.492. The van der Waals surface area contributed by atoms with Gasteiger partial charge in [-0.3, -0.25) is 0 Å². The minimum absolute atomic E-state index is 0.714. The first kappa shape index (κ1) is 14.4. The van der Waals surface area contributed by atoms with Gasteiger partial charge in [-0.2, -0.15) is 0 Å². The zero-order valence-electron chi connectivity index (χ0n) is 13.8. The zero-order chi connectivity index (χ0) is 15.1. The van der Waals surface area contributed by atoms with Crippen molar-refractivity contribution in [2.24, 2.45) is 0 Å². The second kappa shape index (κ2) is 5.34. The van der Waals surface area contributed by atoms with Gasteiger partial charge in [0.15, 0.2) is 0 Å². The Morgan fingerprint density at radius 3 is 2.05 bits per heavy atom. The second-order valence-electron chi connectivity index (χ2n) is 6.42. The summed E-state index contributed by atoms with van der Waals surface area (Å²) in [5.74, 6) is 2.04. The van der Waals surface area contributed by atoms with Crippen molar-refractivity contribution in [1.29, 1.82) is 0 Å². The van der Waals surface area contributed by atoms with Gasteiger partial charge in [-0.15, -0.1) is 0 Å². The molecular formula is C19H25NO. The first-order valence-electron chi connectivity index (χ1n) is 7.88. The highest BCUT2D eigenvalue weighted by molar-refractivity contribution is 5.71. The predicted molar refractivity (Wildman–Crippen MR) is 87.7 cm³/mol. The van der Waals surface area contributed by atoms with Crippen molar-refractivity contribution in [3.8, 4) is 11.3 Å². The highest BCUT2D eigenvalue weighted by atomic mass is 16.3. The molecule has 3 rings (SSSR count). The van der Waals surface area contributed by atoms with Gasteiger partial charge in [-0.05, 0) is 87.4 Å². The minimum Gasteiger partial charge on any atom is -0.460 e. The molecule has 2 nitrogen and oxygen atoms in total. The highest BCUT2D eigenvalue weighted by Crippen LogP contribution is 2.35. The Labute approximate surface area is 127 Å². The van der Waals surface area contributed by atoms with E-state index < -0.39 is 0 Å². The van der Waals surface area contributed by atoms with Gasteiger partial charge >= 0.3 is 0 Å². The maximum Gasteiger partial charge on any atom is 0.134 e. The normalized spacial score (nSPS) is 14.7. The molecule has 0 unspecified atom stereocenters. The van der Waals surface area contributed by atoms with Crippen LogP contribution in [0.5, 0.6) is 0 Å². The molecule has 1 aromatic heterocycles. The predicted octanol–water partition coefficient (Wildman–Crippen LogP) is 4.74. The summed E-state index contributed by atoms with van der Waals surface area (Å²) < 4.78 is 6.10. The molecule has 2 aromatic rings.